The lowest BCUT2D eigenvalue weighted by molar-refractivity contribution is -0.118. The Morgan fingerprint density at radius 2 is 2.18 bits per heavy atom. The van der Waals surface area contributed by atoms with Gasteiger partial charge >= 0.3 is 0 Å². The van der Waals surface area contributed by atoms with Crippen molar-refractivity contribution < 1.29 is 9.59 Å². The number of aliphatic imine (C=N–C) groups is 1. The highest BCUT2D eigenvalue weighted by Gasteiger charge is 2.30. The van der Waals surface area contributed by atoms with Crippen molar-refractivity contribution in [3.8, 4) is 0 Å². The molecule has 1 unspecified atom stereocenters. The number of dihydropyridines is 1. The van der Waals surface area contributed by atoms with E-state index in [4.69, 9.17) is 0 Å². The van der Waals surface area contributed by atoms with Gasteiger partial charge in [0.1, 0.15) is 5.78 Å². The fourth-order valence-corrected chi connectivity index (χ4v) is 1.45. The van der Waals surface area contributed by atoms with Gasteiger partial charge in [-0.25, -0.2) is 4.99 Å². The van der Waals surface area contributed by atoms with Gasteiger partial charge in [-0.15, -0.1) is 0 Å². The fourth-order valence-electron chi connectivity index (χ4n) is 1.45. The molecule has 1 amide bonds. The standard InChI is InChI=1S/C8H7NO2/c10-7-3-2-6-5(7)1-4-8(11)9-6/h1,4-5H,2-3H2. The summed E-state index contributed by atoms with van der Waals surface area (Å²) < 4.78 is 0. The fraction of sp³-hybridized carbons (Fsp3) is 0.375. The molecule has 1 heterocycles. The summed E-state index contributed by atoms with van der Waals surface area (Å²) in [5, 5.41) is 0. The first-order valence-corrected chi connectivity index (χ1v) is 3.60. The van der Waals surface area contributed by atoms with Gasteiger partial charge in [0.15, 0.2) is 0 Å². The minimum Gasteiger partial charge on any atom is -0.299 e. The quantitative estimate of drug-likeness (QED) is 0.503. The number of fused-ring (bicyclic) bond motifs is 1. The van der Waals surface area contributed by atoms with Crippen LogP contribution in [-0.4, -0.2) is 17.4 Å². The predicted octanol–water partition coefficient (Wildman–Crippen LogP) is 0.503. The second-order valence-electron chi connectivity index (χ2n) is 2.74. The van der Waals surface area contributed by atoms with Crippen LogP contribution in [0.5, 0.6) is 0 Å². The van der Waals surface area contributed by atoms with E-state index in [9.17, 15) is 9.59 Å². The smallest absolute Gasteiger partial charge is 0.269 e. The second-order valence-corrected chi connectivity index (χ2v) is 2.74. The van der Waals surface area contributed by atoms with Gasteiger partial charge in [0, 0.05) is 18.2 Å². The highest BCUT2D eigenvalue weighted by molar-refractivity contribution is 6.18. The largest absolute Gasteiger partial charge is 0.299 e. The highest BCUT2D eigenvalue weighted by atomic mass is 16.1. The molecule has 3 nitrogen and oxygen atoms in total. The zero-order valence-electron chi connectivity index (χ0n) is 5.91. The van der Waals surface area contributed by atoms with Crippen molar-refractivity contribution in [2.45, 2.75) is 12.8 Å². The molecule has 1 atom stereocenters. The molecule has 11 heavy (non-hydrogen) atoms. The Hall–Kier alpha value is -1.25. The average molecular weight is 149 g/mol. The summed E-state index contributed by atoms with van der Waals surface area (Å²) >= 11 is 0. The van der Waals surface area contributed by atoms with Gasteiger partial charge in [0.05, 0.1) is 5.92 Å². The van der Waals surface area contributed by atoms with Crippen LogP contribution in [0.15, 0.2) is 17.1 Å². The van der Waals surface area contributed by atoms with Gasteiger partial charge in [0.25, 0.3) is 5.91 Å². The molecule has 56 valence electrons. The lowest BCUT2D eigenvalue weighted by atomic mass is 10.0. The Morgan fingerprint density at radius 3 is 3.00 bits per heavy atom. The van der Waals surface area contributed by atoms with E-state index in [1.54, 1.807) is 6.08 Å². The summed E-state index contributed by atoms with van der Waals surface area (Å²) in [5.41, 5.74) is 0.752. The van der Waals surface area contributed by atoms with E-state index in [1.807, 2.05) is 0 Å². The number of nitrogens with zero attached hydrogens (tertiary/aromatic N) is 1. The molecule has 0 radical (unpaired) electrons. The van der Waals surface area contributed by atoms with E-state index in [0.717, 1.165) is 5.71 Å². The summed E-state index contributed by atoms with van der Waals surface area (Å²) in [4.78, 5) is 25.6. The molecule has 1 aliphatic heterocycles. The third-order valence-electron chi connectivity index (χ3n) is 2.02. The van der Waals surface area contributed by atoms with Crippen LogP contribution in [-0.2, 0) is 9.59 Å². The van der Waals surface area contributed by atoms with Gasteiger partial charge in [-0.1, -0.05) is 6.08 Å². The van der Waals surface area contributed by atoms with Crippen LogP contribution in [0.1, 0.15) is 12.8 Å². The Balaban J connectivity index is 2.37. The van der Waals surface area contributed by atoms with Gasteiger partial charge in [0.2, 0.25) is 0 Å². The van der Waals surface area contributed by atoms with E-state index in [2.05, 4.69) is 4.99 Å². The van der Waals surface area contributed by atoms with Crippen molar-refractivity contribution in [1.29, 1.82) is 0 Å². The molecule has 0 aromatic carbocycles. The molecule has 3 heteroatoms. The lowest BCUT2D eigenvalue weighted by Crippen LogP contribution is -2.16. The van der Waals surface area contributed by atoms with Crippen molar-refractivity contribution in [3.05, 3.63) is 12.2 Å². The van der Waals surface area contributed by atoms with Crippen molar-refractivity contribution in [2.24, 2.45) is 10.9 Å². The maximum absolute atomic E-state index is 11.1. The van der Waals surface area contributed by atoms with Gasteiger partial charge < -0.3 is 0 Å². The lowest BCUT2D eigenvalue weighted by Gasteiger charge is -2.05. The predicted molar refractivity (Wildman–Crippen MR) is 39.3 cm³/mol. The minimum absolute atomic E-state index is 0.173. The number of rotatable bonds is 0. The molecule has 1 fully saturated rings. The third-order valence-corrected chi connectivity index (χ3v) is 2.02. The van der Waals surface area contributed by atoms with Crippen LogP contribution in [0, 0.1) is 5.92 Å². The Labute approximate surface area is 63.8 Å². The first kappa shape index (κ1) is 6.46. The van der Waals surface area contributed by atoms with Gasteiger partial charge in [-0.2, -0.15) is 0 Å². The number of ketones is 1. The van der Waals surface area contributed by atoms with E-state index in [0.29, 0.717) is 12.8 Å². The SMILES string of the molecule is O=C1C=CC2C(=O)CCC2=N1. The van der Waals surface area contributed by atoms with Crippen LogP contribution in [0.4, 0.5) is 0 Å². The molecule has 2 rings (SSSR count). The van der Waals surface area contributed by atoms with Crippen molar-refractivity contribution in [2.75, 3.05) is 0 Å². The zero-order valence-corrected chi connectivity index (χ0v) is 5.91. The minimum atomic E-state index is -0.231. The normalized spacial score (nSPS) is 28.7. The third kappa shape index (κ3) is 0.926. The average Bonchev–Trinajstić information content (AvgIpc) is 2.32. The Morgan fingerprint density at radius 1 is 1.36 bits per heavy atom. The number of amides is 1. The number of carbonyl (C=O) groups excluding carboxylic acids is 2. The molecule has 2 aliphatic rings. The summed E-state index contributed by atoms with van der Waals surface area (Å²) in [6.07, 6.45) is 4.23. The van der Waals surface area contributed by atoms with Crippen LogP contribution >= 0.6 is 0 Å². The molecule has 0 aromatic rings. The van der Waals surface area contributed by atoms with Crippen molar-refractivity contribution in [1.82, 2.24) is 0 Å². The van der Waals surface area contributed by atoms with Gasteiger partial charge in [-0.05, 0) is 6.42 Å². The molecule has 0 aromatic heterocycles. The molecule has 1 aliphatic carbocycles. The summed E-state index contributed by atoms with van der Waals surface area (Å²) in [6.45, 7) is 0. The topological polar surface area (TPSA) is 46.5 Å². The highest BCUT2D eigenvalue weighted by Crippen LogP contribution is 2.22. The zero-order chi connectivity index (χ0) is 7.84. The summed E-state index contributed by atoms with van der Waals surface area (Å²) in [6, 6.07) is 0. The van der Waals surface area contributed by atoms with E-state index in [1.165, 1.54) is 6.08 Å². The van der Waals surface area contributed by atoms with Crippen molar-refractivity contribution >= 4 is 17.4 Å². The van der Waals surface area contributed by atoms with Gasteiger partial charge in [-0.3, -0.25) is 9.59 Å². The van der Waals surface area contributed by atoms with Crippen LogP contribution in [0.25, 0.3) is 0 Å². The first-order chi connectivity index (χ1) is 5.27. The van der Waals surface area contributed by atoms with E-state index in [-0.39, 0.29) is 17.6 Å². The summed E-state index contributed by atoms with van der Waals surface area (Å²) in [7, 11) is 0. The Bertz CT molecular complexity index is 288. The van der Waals surface area contributed by atoms with E-state index >= 15 is 0 Å². The molecule has 0 bridgehead atoms. The number of hydrogen-bond donors (Lipinski definition) is 0. The number of carbonyl (C=O) groups is 2. The maximum Gasteiger partial charge on any atom is 0.269 e. The second kappa shape index (κ2) is 2.12. The molecule has 0 saturated heterocycles. The first-order valence-electron chi connectivity index (χ1n) is 3.60. The molecule has 0 N–H and O–H groups in total. The molecular formula is C8H7NO2. The molecule has 0 spiro atoms. The molecular weight excluding hydrogens is 142 g/mol. The van der Waals surface area contributed by atoms with E-state index < -0.39 is 0 Å². The summed E-state index contributed by atoms with van der Waals surface area (Å²) in [5.74, 6) is -0.217. The molecule has 1 saturated carbocycles. The van der Waals surface area contributed by atoms with Crippen LogP contribution in [0.3, 0.4) is 0 Å². The maximum atomic E-state index is 11.1. The number of hydrogen-bond acceptors (Lipinski definition) is 2. The Kier molecular flexibility index (Phi) is 1.24. The monoisotopic (exact) mass is 149 g/mol. The number of allylic oxidation sites excluding steroid dienone is 1. The number of Topliss-reactive ketones (excluding diaryl/α,β-unsaturated/α-hetero) is 1. The van der Waals surface area contributed by atoms with Crippen LogP contribution < -0.4 is 0 Å². The van der Waals surface area contributed by atoms with Crippen LogP contribution in [0.2, 0.25) is 0 Å². The van der Waals surface area contributed by atoms with Crippen molar-refractivity contribution in [3.63, 3.8) is 0 Å².